The molecule has 102 valence electrons. The van der Waals surface area contributed by atoms with E-state index in [4.69, 9.17) is 4.74 Å². The first-order chi connectivity index (χ1) is 8.05. The molecule has 0 aromatic heterocycles. The highest BCUT2D eigenvalue weighted by Gasteiger charge is 2.21. The summed E-state index contributed by atoms with van der Waals surface area (Å²) in [7, 11) is -1.42. The van der Waals surface area contributed by atoms with Crippen LogP contribution >= 0.6 is 0 Å². The van der Waals surface area contributed by atoms with Crippen molar-refractivity contribution >= 4 is 9.84 Å². The lowest BCUT2D eigenvalue weighted by atomic mass is 9.86. The lowest BCUT2D eigenvalue weighted by Crippen LogP contribution is -2.39. The van der Waals surface area contributed by atoms with Crippen LogP contribution in [0, 0.1) is 5.92 Å². The Morgan fingerprint density at radius 3 is 2.59 bits per heavy atom. The second-order valence-corrected chi connectivity index (χ2v) is 7.27. The summed E-state index contributed by atoms with van der Waals surface area (Å²) in [4.78, 5) is 0. The van der Waals surface area contributed by atoms with E-state index in [0.29, 0.717) is 25.1 Å². The molecule has 4 nitrogen and oxygen atoms in total. The van der Waals surface area contributed by atoms with Gasteiger partial charge in [-0.05, 0) is 18.8 Å². The Morgan fingerprint density at radius 2 is 1.94 bits per heavy atom. The van der Waals surface area contributed by atoms with Crippen molar-refractivity contribution < 1.29 is 13.2 Å². The van der Waals surface area contributed by atoms with Gasteiger partial charge in [-0.2, -0.15) is 0 Å². The summed E-state index contributed by atoms with van der Waals surface area (Å²) in [6, 6.07) is 0.501. The predicted octanol–water partition coefficient (Wildman–Crippen LogP) is 1.22. The Hall–Kier alpha value is -0.130. The molecule has 0 aliphatic heterocycles. The maximum Gasteiger partial charge on any atom is 0.153 e. The largest absolute Gasteiger partial charge is 0.384 e. The summed E-state index contributed by atoms with van der Waals surface area (Å²) >= 11 is 0. The van der Waals surface area contributed by atoms with E-state index in [-0.39, 0.29) is 11.5 Å². The maximum absolute atomic E-state index is 11.6. The molecule has 1 rings (SSSR count). The van der Waals surface area contributed by atoms with Crippen LogP contribution in [0.1, 0.15) is 32.6 Å². The summed E-state index contributed by atoms with van der Waals surface area (Å²) in [5.74, 6) is 1.02. The fraction of sp³-hybridized carbons (Fsp3) is 1.00. The number of hydrogen-bond acceptors (Lipinski definition) is 4. The van der Waals surface area contributed by atoms with E-state index >= 15 is 0 Å². The van der Waals surface area contributed by atoms with Crippen molar-refractivity contribution in [1.29, 1.82) is 0 Å². The lowest BCUT2D eigenvalue weighted by molar-refractivity contribution is 0.217. The first-order valence-electron chi connectivity index (χ1n) is 6.48. The van der Waals surface area contributed by atoms with Crippen LogP contribution < -0.4 is 5.32 Å². The van der Waals surface area contributed by atoms with Gasteiger partial charge in [0.25, 0.3) is 0 Å². The molecular formula is C12H25NO3S. The summed E-state index contributed by atoms with van der Waals surface area (Å²) < 4.78 is 28.0. The minimum atomic E-state index is -2.95. The molecule has 17 heavy (non-hydrogen) atoms. The summed E-state index contributed by atoms with van der Waals surface area (Å²) in [5, 5.41) is 3.38. The molecule has 0 heterocycles. The van der Waals surface area contributed by atoms with Crippen LogP contribution in [0.3, 0.4) is 0 Å². The Labute approximate surface area is 105 Å². The number of rotatable bonds is 7. The van der Waals surface area contributed by atoms with Crippen molar-refractivity contribution in [1.82, 2.24) is 5.32 Å². The second kappa shape index (κ2) is 7.34. The fourth-order valence-electron chi connectivity index (χ4n) is 2.33. The van der Waals surface area contributed by atoms with Gasteiger partial charge in [0.05, 0.1) is 18.1 Å². The fourth-order valence-corrected chi connectivity index (χ4v) is 3.39. The molecule has 1 fully saturated rings. The van der Waals surface area contributed by atoms with Crippen molar-refractivity contribution in [3.05, 3.63) is 0 Å². The van der Waals surface area contributed by atoms with E-state index in [2.05, 4.69) is 12.2 Å². The first kappa shape index (κ1) is 14.9. The van der Waals surface area contributed by atoms with Gasteiger partial charge in [-0.3, -0.25) is 0 Å². The van der Waals surface area contributed by atoms with Gasteiger partial charge in [-0.1, -0.05) is 19.8 Å². The molecule has 0 saturated heterocycles. The molecular weight excluding hydrogens is 238 g/mol. The minimum Gasteiger partial charge on any atom is -0.384 e. The Balaban J connectivity index is 2.22. The quantitative estimate of drug-likeness (QED) is 0.750. The average molecular weight is 263 g/mol. The average Bonchev–Trinajstić information content (AvgIpc) is 2.29. The molecule has 0 amide bonds. The minimum absolute atomic E-state index is 0.130. The lowest BCUT2D eigenvalue weighted by Gasteiger charge is -2.29. The summed E-state index contributed by atoms with van der Waals surface area (Å²) in [6.07, 6.45) is 5.01. The normalized spacial score (nSPS) is 26.0. The van der Waals surface area contributed by atoms with Gasteiger partial charge >= 0.3 is 0 Å². The van der Waals surface area contributed by atoms with Crippen molar-refractivity contribution in [3.8, 4) is 0 Å². The highest BCUT2D eigenvalue weighted by molar-refractivity contribution is 7.91. The number of hydrogen-bond donors (Lipinski definition) is 1. The molecule has 1 saturated carbocycles. The Morgan fingerprint density at radius 1 is 1.24 bits per heavy atom. The van der Waals surface area contributed by atoms with Crippen molar-refractivity contribution in [2.24, 2.45) is 5.92 Å². The summed E-state index contributed by atoms with van der Waals surface area (Å²) in [5.41, 5.74) is 0. The molecule has 2 unspecified atom stereocenters. The zero-order valence-corrected chi connectivity index (χ0v) is 11.8. The van der Waals surface area contributed by atoms with Crippen molar-refractivity contribution in [2.75, 3.05) is 31.8 Å². The van der Waals surface area contributed by atoms with E-state index in [1.165, 1.54) is 32.8 Å². The van der Waals surface area contributed by atoms with Crippen LogP contribution in [0.5, 0.6) is 0 Å². The van der Waals surface area contributed by atoms with Crippen LogP contribution in [-0.4, -0.2) is 46.2 Å². The van der Waals surface area contributed by atoms with E-state index in [9.17, 15) is 8.42 Å². The number of methoxy groups -OCH3 is 1. The highest BCUT2D eigenvalue weighted by atomic mass is 32.2. The van der Waals surface area contributed by atoms with E-state index in [1.807, 2.05) is 0 Å². The number of ether oxygens (including phenoxy) is 1. The van der Waals surface area contributed by atoms with Crippen LogP contribution in [-0.2, 0) is 14.6 Å². The highest BCUT2D eigenvalue weighted by Crippen LogP contribution is 2.23. The molecule has 0 aromatic carbocycles. The maximum atomic E-state index is 11.6. The van der Waals surface area contributed by atoms with Gasteiger partial charge in [-0.25, -0.2) is 8.42 Å². The summed E-state index contributed by atoms with van der Waals surface area (Å²) in [6.45, 7) is 3.11. The van der Waals surface area contributed by atoms with Gasteiger partial charge in [0.2, 0.25) is 0 Å². The molecule has 1 N–H and O–H groups in total. The van der Waals surface area contributed by atoms with Gasteiger partial charge in [0, 0.05) is 19.7 Å². The zero-order valence-electron chi connectivity index (χ0n) is 10.9. The third-order valence-corrected chi connectivity index (χ3v) is 5.14. The van der Waals surface area contributed by atoms with E-state index < -0.39 is 9.84 Å². The monoisotopic (exact) mass is 263 g/mol. The number of sulfone groups is 1. The van der Waals surface area contributed by atoms with Crippen LogP contribution in [0.15, 0.2) is 0 Å². The van der Waals surface area contributed by atoms with Gasteiger partial charge in [0.15, 0.2) is 9.84 Å². The molecule has 0 aromatic rings. The molecule has 5 heteroatoms. The smallest absolute Gasteiger partial charge is 0.153 e. The van der Waals surface area contributed by atoms with E-state index in [0.717, 1.165) is 0 Å². The SMILES string of the molecule is COCCS(=O)(=O)CCNC1CCCCC1C. The molecule has 2 atom stereocenters. The van der Waals surface area contributed by atoms with Crippen LogP contribution in [0.4, 0.5) is 0 Å². The topological polar surface area (TPSA) is 55.4 Å². The van der Waals surface area contributed by atoms with Gasteiger partial charge in [0.1, 0.15) is 0 Å². The van der Waals surface area contributed by atoms with E-state index in [1.54, 1.807) is 0 Å². The molecule has 0 radical (unpaired) electrons. The standard InChI is InChI=1S/C12H25NO3S/c1-11-5-3-4-6-12(11)13-7-9-17(14,15)10-8-16-2/h11-13H,3-10H2,1-2H3. The third-order valence-electron chi connectivity index (χ3n) is 3.53. The van der Waals surface area contributed by atoms with Crippen molar-refractivity contribution in [3.63, 3.8) is 0 Å². The van der Waals surface area contributed by atoms with Crippen molar-refractivity contribution in [2.45, 2.75) is 38.6 Å². The predicted molar refractivity (Wildman–Crippen MR) is 70.0 cm³/mol. The molecule has 1 aliphatic rings. The van der Waals surface area contributed by atoms with Crippen LogP contribution in [0.2, 0.25) is 0 Å². The Bertz CT molecular complexity index is 303. The van der Waals surface area contributed by atoms with Gasteiger partial charge < -0.3 is 10.1 Å². The van der Waals surface area contributed by atoms with Gasteiger partial charge in [-0.15, -0.1) is 0 Å². The number of nitrogens with one attached hydrogen (secondary N) is 1. The van der Waals surface area contributed by atoms with Crippen LogP contribution in [0.25, 0.3) is 0 Å². The third kappa shape index (κ3) is 5.84. The second-order valence-electron chi connectivity index (χ2n) is 4.97. The molecule has 1 aliphatic carbocycles. The Kier molecular flexibility index (Phi) is 6.44. The zero-order chi connectivity index (χ0) is 12.7. The molecule has 0 bridgehead atoms. The molecule has 0 spiro atoms. The first-order valence-corrected chi connectivity index (χ1v) is 8.30.